The number of carbonyl (C=O) groups excluding carboxylic acids is 2. The van der Waals surface area contributed by atoms with Gasteiger partial charge in [0.2, 0.25) is 0 Å². The summed E-state index contributed by atoms with van der Waals surface area (Å²) in [4.78, 5) is 33.9. The van der Waals surface area contributed by atoms with Crippen molar-refractivity contribution < 1.29 is 9.59 Å². The number of carbonyl (C=O) groups is 2. The summed E-state index contributed by atoms with van der Waals surface area (Å²) in [7, 11) is 5.92. The molecule has 0 spiro atoms. The summed E-state index contributed by atoms with van der Waals surface area (Å²) in [5.41, 5.74) is 5.89. The highest BCUT2D eigenvalue weighted by molar-refractivity contribution is 5.90. The Hall–Kier alpha value is -4.20. The average molecular weight is 639 g/mol. The second-order valence-electron chi connectivity index (χ2n) is 13.5. The minimum atomic E-state index is -0.0562. The molecule has 2 aliphatic carbocycles. The maximum absolute atomic E-state index is 13.9. The molecule has 3 aromatic rings. The molecule has 5 rings (SSSR count). The fourth-order valence-electron chi connectivity index (χ4n) is 7.05. The number of nitrogens with zero attached hydrogens (tertiary/aromatic N) is 3. The van der Waals surface area contributed by atoms with Crippen molar-refractivity contribution in [3.05, 3.63) is 83.9 Å². The minimum Gasteiger partial charge on any atom is -0.388 e. The molecule has 47 heavy (non-hydrogen) atoms. The van der Waals surface area contributed by atoms with E-state index in [0.29, 0.717) is 13.1 Å². The summed E-state index contributed by atoms with van der Waals surface area (Å²) >= 11 is 0. The second kappa shape index (κ2) is 17.1. The maximum atomic E-state index is 13.9. The highest BCUT2D eigenvalue weighted by atomic mass is 16.2. The molecule has 0 bridgehead atoms. The van der Waals surface area contributed by atoms with Gasteiger partial charge in [0.25, 0.3) is 0 Å². The number of urea groups is 2. The van der Waals surface area contributed by atoms with E-state index in [4.69, 9.17) is 0 Å². The molecule has 0 radical (unpaired) electrons. The van der Waals surface area contributed by atoms with Gasteiger partial charge in [0.1, 0.15) is 0 Å². The molecule has 2 saturated carbocycles. The van der Waals surface area contributed by atoms with E-state index >= 15 is 0 Å². The number of nitrogens with one attached hydrogen (secondary N) is 3. The third kappa shape index (κ3) is 9.90. The maximum Gasteiger partial charge on any atom is 0.322 e. The average Bonchev–Trinajstić information content (AvgIpc) is 3.53. The first kappa shape index (κ1) is 34.1. The first-order valence-electron chi connectivity index (χ1n) is 17.7. The summed E-state index contributed by atoms with van der Waals surface area (Å²) in [6, 6.07) is 24.6. The molecule has 3 aromatic carbocycles. The quantitative estimate of drug-likeness (QED) is 0.193. The monoisotopic (exact) mass is 638 g/mol. The molecule has 0 aliphatic heterocycles. The fraction of sp³-hybridized carbons (Fsp3) is 0.487. The molecule has 0 aromatic heterocycles. The van der Waals surface area contributed by atoms with Gasteiger partial charge in [0.15, 0.2) is 0 Å². The SMILES string of the molecule is CNc1ccc(NC(=O)N(Cc2cccc(CN(C(=O)Nc3ccc(N(C)C)cc3)C3CCCCCC3)c2)C2CCCCCC2)cc1. The fourth-order valence-corrected chi connectivity index (χ4v) is 7.05. The van der Waals surface area contributed by atoms with Crippen molar-refractivity contribution in [3.8, 4) is 0 Å². The van der Waals surface area contributed by atoms with E-state index < -0.39 is 0 Å². The Morgan fingerprint density at radius 3 is 1.40 bits per heavy atom. The van der Waals surface area contributed by atoms with Crippen LogP contribution in [0.5, 0.6) is 0 Å². The molecule has 0 unspecified atom stereocenters. The van der Waals surface area contributed by atoms with Crippen LogP contribution in [-0.2, 0) is 13.1 Å². The Balaban J connectivity index is 1.34. The van der Waals surface area contributed by atoms with Gasteiger partial charge < -0.3 is 30.7 Å². The lowest BCUT2D eigenvalue weighted by molar-refractivity contribution is 0.174. The van der Waals surface area contributed by atoms with E-state index in [1.807, 2.05) is 74.6 Å². The van der Waals surface area contributed by atoms with Gasteiger partial charge in [-0.15, -0.1) is 0 Å². The summed E-state index contributed by atoms with van der Waals surface area (Å²) in [5.74, 6) is 0. The summed E-state index contributed by atoms with van der Waals surface area (Å²) in [6.07, 6.45) is 13.6. The van der Waals surface area contributed by atoms with Gasteiger partial charge in [0, 0.05) is 69.1 Å². The molecular formula is C39H54N6O2. The topological polar surface area (TPSA) is 80.0 Å². The Bertz CT molecular complexity index is 1410. The molecule has 4 amide bonds. The third-order valence-electron chi connectivity index (χ3n) is 9.81. The Labute approximate surface area is 281 Å². The van der Waals surface area contributed by atoms with Crippen LogP contribution in [0.1, 0.15) is 88.2 Å². The molecule has 8 heteroatoms. The normalized spacial score (nSPS) is 16.0. The molecular weight excluding hydrogens is 584 g/mol. The highest BCUT2D eigenvalue weighted by Gasteiger charge is 2.27. The lowest BCUT2D eigenvalue weighted by atomic mass is 10.0. The van der Waals surface area contributed by atoms with Gasteiger partial charge in [-0.2, -0.15) is 0 Å². The van der Waals surface area contributed by atoms with Crippen molar-refractivity contribution >= 4 is 34.8 Å². The van der Waals surface area contributed by atoms with Crippen LogP contribution in [0, 0.1) is 0 Å². The van der Waals surface area contributed by atoms with Crippen LogP contribution in [0.25, 0.3) is 0 Å². The van der Waals surface area contributed by atoms with Crippen molar-refractivity contribution in [2.24, 2.45) is 0 Å². The largest absolute Gasteiger partial charge is 0.388 e. The first-order valence-corrected chi connectivity index (χ1v) is 17.7. The number of anilines is 4. The van der Waals surface area contributed by atoms with Crippen LogP contribution in [0.4, 0.5) is 32.3 Å². The van der Waals surface area contributed by atoms with Crippen LogP contribution in [-0.4, -0.2) is 55.1 Å². The van der Waals surface area contributed by atoms with Gasteiger partial charge in [-0.05, 0) is 85.3 Å². The van der Waals surface area contributed by atoms with Crippen LogP contribution >= 0.6 is 0 Å². The van der Waals surface area contributed by atoms with Crippen molar-refractivity contribution in [1.82, 2.24) is 9.80 Å². The predicted molar refractivity (Wildman–Crippen MR) is 195 cm³/mol. The van der Waals surface area contributed by atoms with Crippen LogP contribution in [0.15, 0.2) is 72.8 Å². The second-order valence-corrected chi connectivity index (χ2v) is 13.5. The standard InChI is InChI=1S/C39H54N6O2/c1-40-32-19-21-33(22-20-32)41-38(46)44(36-15-8-4-5-9-16-36)28-30-13-12-14-31(27-30)29-45(37-17-10-6-7-11-18-37)39(47)42-34-23-25-35(26-24-34)43(2)3/h12-14,19-27,36-37,40H,4-11,15-18,28-29H2,1-3H3,(H,41,46)(H,42,47). The smallest absolute Gasteiger partial charge is 0.322 e. The van der Waals surface area contributed by atoms with E-state index in [1.165, 1.54) is 25.7 Å². The zero-order valence-electron chi connectivity index (χ0n) is 28.6. The zero-order chi connectivity index (χ0) is 33.0. The van der Waals surface area contributed by atoms with Crippen LogP contribution in [0.3, 0.4) is 0 Å². The lowest BCUT2D eigenvalue weighted by Gasteiger charge is -2.33. The molecule has 252 valence electrons. The zero-order valence-corrected chi connectivity index (χ0v) is 28.6. The van der Waals surface area contributed by atoms with Crippen molar-refractivity contribution in [3.63, 3.8) is 0 Å². The molecule has 2 aliphatic rings. The van der Waals surface area contributed by atoms with Gasteiger partial charge in [0.05, 0.1) is 0 Å². The highest BCUT2D eigenvalue weighted by Crippen LogP contribution is 2.28. The van der Waals surface area contributed by atoms with Crippen molar-refractivity contribution in [2.45, 2.75) is 102 Å². The molecule has 2 fully saturated rings. The number of hydrogen-bond donors (Lipinski definition) is 3. The summed E-state index contributed by atoms with van der Waals surface area (Å²) in [5, 5.41) is 9.50. The number of rotatable bonds is 10. The van der Waals surface area contributed by atoms with Gasteiger partial charge in [-0.3, -0.25) is 0 Å². The molecule has 0 saturated heterocycles. The number of hydrogen-bond acceptors (Lipinski definition) is 4. The van der Waals surface area contributed by atoms with E-state index in [-0.39, 0.29) is 24.1 Å². The minimum absolute atomic E-state index is 0.0522. The van der Waals surface area contributed by atoms with Gasteiger partial charge in [-0.1, -0.05) is 75.6 Å². The molecule has 8 nitrogen and oxygen atoms in total. The predicted octanol–water partition coefficient (Wildman–Crippen LogP) is 9.31. The van der Waals surface area contributed by atoms with Crippen molar-refractivity contribution in [1.29, 1.82) is 0 Å². The lowest BCUT2D eigenvalue weighted by Crippen LogP contribution is -2.42. The molecule has 3 N–H and O–H groups in total. The Morgan fingerprint density at radius 1 is 0.596 bits per heavy atom. The van der Waals surface area contributed by atoms with E-state index in [0.717, 1.165) is 85.2 Å². The summed E-state index contributed by atoms with van der Waals surface area (Å²) < 4.78 is 0. The van der Waals surface area contributed by atoms with Crippen LogP contribution < -0.4 is 20.9 Å². The molecule has 0 heterocycles. The van der Waals surface area contributed by atoms with E-state index in [9.17, 15) is 9.59 Å². The Morgan fingerprint density at radius 2 is 1.00 bits per heavy atom. The van der Waals surface area contributed by atoms with Gasteiger partial charge in [-0.25, -0.2) is 9.59 Å². The number of benzene rings is 3. The Kier molecular flexibility index (Phi) is 12.4. The first-order chi connectivity index (χ1) is 22.9. The summed E-state index contributed by atoms with van der Waals surface area (Å²) in [6.45, 7) is 1.07. The van der Waals surface area contributed by atoms with E-state index in [1.54, 1.807) is 0 Å². The van der Waals surface area contributed by atoms with Crippen LogP contribution in [0.2, 0.25) is 0 Å². The van der Waals surface area contributed by atoms with Gasteiger partial charge >= 0.3 is 12.1 Å². The number of amides is 4. The van der Waals surface area contributed by atoms with Crippen molar-refractivity contribution in [2.75, 3.05) is 42.0 Å². The third-order valence-corrected chi connectivity index (χ3v) is 9.81. The van der Waals surface area contributed by atoms with E-state index in [2.05, 4.69) is 50.0 Å². The molecule has 0 atom stereocenters.